The van der Waals surface area contributed by atoms with E-state index in [4.69, 9.17) is 4.74 Å². The molecule has 0 aliphatic heterocycles. The summed E-state index contributed by atoms with van der Waals surface area (Å²) in [6.07, 6.45) is -0.546. The lowest BCUT2D eigenvalue weighted by molar-refractivity contribution is -0.0114. The Morgan fingerprint density at radius 2 is 1.67 bits per heavy atom. The van der Waals surface area contributed by atoms with Crippen LogP contribution in [-0.4, -0.2) is 17.8 Å². The van der Waals surface area contributed by atoms with Crippen LogP contribution < -0.4 is 5.32 Å². The number of carbonyl (C=O) groups is 1. The van der Waals surface area contributed by atoms with Crippen molar-refractivity contribution < 1.29 is 14.6 Å². The van der Waals surface area contributed by atoms with E-state index < -0.39 is 11.7 Å². The third-order valence-electron chi connectivity index (χ3n) is 3.16. The van der Waals surface area contributed by atoms with Gasteiger partial charge in [0.2, 0.25) is 0 Å². The molecule has 0 saturated carbocycles. The monoisotopic (exact) mass is 285 g/mol. The number of hydrogen-bond donors (Lipinski definition) is 2. The predicted octanol–water partition coefficient (Wildman–Crippen LogP) is 2.82. The Balaban J connectivity index is 1.81. The number of amides is 1. The van der Waals surface area contributed by atoms with Crippen LogP contribution in [0.2, 0.25) is 0 Å². The highest BCUT2D eigenvalue weighted by atomic mass is 16.6. The van der Waals surface area contributed by atoms with Crippen LogP contribution in [0.4, 0.5) is 4.79 Å². The van der Waals surface area contributed by atoms with E-state index in [-0.39, 0.29) is 6.61 Å². The molecule has 21 heavy (non-hydrogen) atoms. The summed E-state index contributed by atoms with van der Waals surface area (Å²) < 4.78 is 5.08. The lowest BCUT2D eigenvalue weighted by atomic mass is 9.97. The molecule has 0 radical (unpaired) electrons. The number of alkyl carbamates (subject to hydrolysis) is 1. The summed E-state index contributed by atoms with van der Waals surface area (Å²) in [7, 11) is 0. The van der Waals surface area contributed by atoms with Gasteiger partial charge in [0.1, 0.15) is 12.2 Å². The van der Waals surface area contributed by atoms with Crippen molar-refractivity contribution in [1.82, 2.24) is 5.32 Å². The van der Waals surface area contributed by atoms with E-state index in [0.29, 0.717) is 12.1 Å². The van der Waals surface area contributed by atoms with Gasteiger partial charge in [-0.1, -0.05) is 60.7 Å². The second-order valence-corrected chi connectivity index (χ2v) is 5.06. The number of aliphatic hydroxyl groups is 1. The molecule has 0 spiro atoms. The summed E-state index contributed by atoms with van der Waals surface area (Å²) in [5, 5.41) is 13.0. The Morgan fingerprint density at radius 3 is 2.29 bits per heavy atom. The van der Waals surface area contributed by atoms with Crippen molar-refractivity contribution in [3.63, 3.8) is 0 Å². The number of hydrogen-bond acceptors (Lipinski definition) is 3. The van der Waals surface area contributed by atoms with Crippen LogP contribution in [0.15, 0.2) is 60.7 Å². The molecule has 0 aliphatic rings. The van der Waals surface area contributed by atoms with Crippen molar-refractivity contribution in [3.8, 4) is 0 Å². The standard InChI is InChI=1S/C17H19NO3/c1-17(20,15-10-6-3-7-11-15)13-21-16(19)18-12-14-8-4-2-5-9-14/h2-11,20H,12-13H2,1H3,(H,18,19). The average molecular weight is 285 g/mol. The van der Waals surface area contributed by atoms with Gasteiger partial charge < -0.3 is 15.2 Å². The van der Waals surface area contributed by atoms with E-state index in [1.54, 1.807) is 19.1 Å². The van der Waals surface area contributed by atoms with Gasteiger partial charge in [-0.3, -0.25) is 0 Å². The number of benzene rings is 2. The summed E-state index contributed by atoms with van der Waals surface area (Å²) in [4.78, 5) is 11.6. The molecule has 110 valence electrons. The van der Waals surface area contributed by atoms with E-state index in [2.05, 4.69) is 5.32 Å². The molecule has 2 aromatic rings. The maximum absolute atomic E-state index is 11.6. The van der Waals surface area contributed by atoms with Crippen LogP contribution in [0, 0.1) is 0 Å². The third-order valence-corrected chi connectivity index (χ3v) is 3.16. The third kappa shape index (κ3) is 4.61. The zero-order valence-electron chi connectivity index (χ0n) is 12.0. The first-order chi connectivity index (χ1) is 10.1. The normalized spacial score (nSPS) is 13.2. The van der Waals surface area contributed by atoms with Crippen LogP contribution in [0.5, 0.6) is 0 Å². The highest BCUT2D eigenvalue weighted by Crippen LogP contribution is 2.20. The van der Waals surface area contributed by atoms with Crippen molar-refractivity contribution in [2.45, 2.75) is 19.1 Å². The molecule has 2 rings (SSSR count). The Labute approximate surface area is 124 Å². The Hall–Kier alpha value is -2.33. The molecule has 0 aliphatic carbocycles. The maximum atomic E-state index is 11.6. The van der Waals surface area contributed by atoms with Gasteiger partial charge in [0.15, 0.2) is 0 Å². The van der Waals surface area contributed by atoms with Crippen LogP contribution in [0.25, 0.3) is 0 Å². The van der Waals surface area contributed by atoms with Gasteiger partial charge >= 0.3 is 6.09 Å². The number of carbonyl (C=O) groups excluding carboxylic acids is 1. The molecule has 0 heterocycles. The lowest BCUT2D eigenvalue weighted by Gasteiger charge is -2.23. The number of rotatable bonds is 5. The van der Waals surface area contributed by atoms with Crippen LogP contribution in [-0.2, 0) is 16.9 Å². The highest BCUT2D eigenvalue weighted by molar-refractivity contribution is 5.67. The fourth-order valence-electron chi connectivity index (χ4n) is 1.91. The molecule has 2 N–H and O–H groups in total. The zero-order valence-corrected chi connectivity index (χ0v) is 12.0. The minimum atomic E-state index is -1.20. The van der Waals surface area contributed by atoms with E-state index in [1.165, 1.54) is 0 Å². The summed E-state index contributed by atoms with van der Waals surface area (Å²) in [6, 6.07) is 18.7. The average Bonchev–Trinajstić information content (AvgIpc) is 2.53. The van der Waals surface area contributed by atoms with E-state index in [9.17, 15) is 9.90 Å². The van der Waals surface area contributed by atoms with Crippen molar-refractivity contribution in [3.05, 3.63) is 71.8 Å². The van der Waals surface area contributed by atoms with Crippen molar-refractivity contribution in [1.29, 1.82) is 0 Å². The molecule has 0 saturated heterocycles. The van der Waals surface area contributed by atoms with Crippen molar-refractivity contribution in [2.24, 2.45) is 0 Å². The van der Waals surface area contributed by atoms with Crippen LogP contribution >= 0.6 is 0 Å². The first kappa shape index (κ1) is 15.1. The lowest BCUT2D eigenvalue weighted by Crippen LogP contribution is -2.33. The molecule has 4 heteroatoms. The highest BCUT2D eigenvalue weighted by Gasteiger charge is 2.24. The molecule has 4 nitrogen and oxygen atoms in total. The van der Waals surface area contributed by atoms with Gasteiger partial charge in [0.25, 0.3) is 0 Å². The molecule has 1 atom stereocenters. The maximum Gasteiger partial charge on any atom is 0.407 e. The van der Waals surface area contributed by atoms with E-state index in [1.807, 2.05) is 48.5 Å². The molecular weight excluding hydrogens is 266 g/mol. The SMILES string of the molecule is CC(O)(COC(=O)NCc1ccccc1)c1ccccc1. The molecule has 0 bridgehead atoms. The van der Waals surface area contributed by atoms with Crippen molar-refractivity contribution in [2.75, 3.05) is 6.61 Å². The van der Waals surface area contributed by atoms with E-state index in [0.717, 1.165) is 5.56 Å². The Bertz CT molecular complexity index is 567. The molecule has 0 aromatic heterocycles. The number of ether oxygens (including phenoxy) is 1. The van der Waals surface area contributed by atoms with Gasteiger partial charge in [-0.15, -0.1) is 0 Å². The molecule has 0 fully saturated rings. The minimum Gasteiger partial charge on any atom is -0.446 e. The Kier molecular flexibility index (Phi) is 4.95. The first-order valence-corrected chi connectivity index (χ1v) is 6.80. The van der Waals surface area contributed by atoms with Crippen LogP contribution in [0.1, 0.15) is 18.1 Å². The smallest absolute Gasteiger partial charge is 0.407 e. The molecule has 2 aromatic carbocycles. The minimum absolute atomic E-state index is 0.0996. The molecule has 1 unspecified atom stereocenters. The Morgan fingerprint density at radius 1 is 1.10 bits per heavy atom. The summed E-state index contributed by atoms with van der Waals surface area (Å²) in [5.41, 5.74) is 0.496. The molecule has 1 amide bonds. The second-order valence-electron chi connectivity index (χ2n) is 5.06. The van der Waals surface area contributed by atoms with Gasteiger partial charge in [-0.05, 0) is 18.1 Å². The summed E-state index contributed by atoms with van der Waals surface area (Å²) in [6.45, 7) is 1.91. The zero-order chi connectivity index (χ0) is 15.1. The number of nitrogens with one attached hydrogen (secondary N) is 1. The van der Waals surface area contributed by atoms with Gasteiger partial charge in [-0.25, -0.2) is 4.79 Å². The van der Waals surface area contributed by atoms with Gasteiger partial charge in [-0.2, -0.15) is 0 Å². The topological polar surface area (TPSA) is 58.6 Å². The van der Waals surface area contributed by atoms with Crippen LogP contribution in [0.3, 0.4) is 0 Å². The van der Waals surface area contributed by atoms with Gasteiger partial charge in [0, 0.05) is 6.54 Å². The van der Waals surface area contributed by atoms with E-state index >= 15 is 0 Å². The summed E-state index contributed by atoms with van der Waals surface area (Å²) in [5.74, 6) is 0. The fourth-order valence-corrected chi connectivity index (χ4v) is 1.91. The summed E-state index contributed by atoms with van der Waals surface area (Å²) >= 11 is 0. The predicted molar refractivity (Wildman–Crippen MR) is 80.6 cm³/mol. The quantitative estimate of drug-likeness (QED) is 0.888. The second kappa shape index (κ2) is 6.90. The largest absolute Gasteiger partial charge is 0.446 e. The molecular formula is C17H19NO3. The van der Waals surface area contributed by atoms with Crippen molar-refractivity contribution >= 4 is 6.09 Å². The fraction of sp³-hybridized carbons (Fsp3) is 0.235. The first-order valence-electron chi connectivity index (χ1n) is 6.80. The van der Waals surface area contributed by atoms with Gasteiger partial charge in [0.05, 0.1) is 0 Å².